The maximum absolute atomic E-state index is 5.53. The van der Waals surface area contributed by atoms with Gasteiger partial charge in [0.05, 0.1) is 6.20 Å². The van der Waals surface area contributed by atoms with Crippen LogP contribution in [0.5, 0.6) is 5.19 Å². The van der Waals surface area contributed by atoms with Gasteiger partial charge in [-0.3, -0.25) is 0 Å². The van der Waals surface area contributed by atoms with Crippen LogP contribution in [-0.2, 0) is 0 Å². The normalized spacial score (nSPS) is 13.2. The summed E-state index contributed by atoms with van der Waals surface area (Å²) in [5.74, 6) is 0. The maximum atomic E-state index is 5.53. The molecule has 1 unspecified atom stereocenters. The second kappa shape index (κ2) is 4.43. The molecule has 4 nitrogen and oxygen atoms in total. The fourth-order valence-electron chi connectivity index (χ4n) is 1.05. The molecule has 1 rings (SSSR count). The van der Waals surface area contributed by atoms with Gasteiger partial charge in [-0.2, -0.15) is 0 Å². The third-order valence-corrected chi connectivity index (χ3v) is 2.14. The molecule has 0 bridgehead atoms. The first-order valence-corrected chi connectivity index (χ1v) is 4.92. The lowest BCUT2D eigenvalue weighted by atomic mass is 10.4. The first-order valence-electron chi connectivity index (χ1n) is 4.10. The van der Waals surface area contributed by atoms with E-state index in [0.717, 1.165) is 6.54 Å². The van der Waals surface area contributed by atoms with Crippen molar-refractivity contribution >= 4 is 16.3 Å². The van der Waals surface area contributed by atoms with E-state index in [4.69, 9.17) is 10.5 Å². The summed E-state index contributed by atoms with van der Waals surface area (Å²) in [7, 11) is 4.02. The van der Waals surface area contributed by atoms with Crippen LogP contribution in [0.2, 0.25) is 0 Å². The Morgan fingerprint density at radius 3 is 2.85 bits per heavy atom. The predicted octanol–water partition coefficient (Wildman–Crippen LogP) is 1.05. The Morgan fingerprint density at radius 1 is 1.69 bits per heavy atom. The van der Waals surface area contributed by atoms with Crippen LogP contribution in [-0.4, -0.2) is 36.6 Å². The molecule has 0 saturated heterocycles. The number of ether oxygens (including phenoxy) is 1. The Bertz CT molecular complexity index is 262. The lowest BCUT2D eigenvalue weighted by molar-refractivity contribution is 0.176. The Labute approximate surface area is 82.3 Å². The lowest BCUT2D eigenvalue weighted by Crippen LogP contribution is -2.27. The van der Waals surface area contributed by atoms with Crippen LogP contribution >= 0.6 is 11.3 Å². The molecule has 1 heterocycles. The zero-order valence-corrected chi connectivity index (χ0v) is 8.97. The average molecular weight is 201 g/mol. The van der Waals surface area contributed by atoms with Crippen LogP contribution in [0.3, 0.4) is 0 Å². The Hall–Kier alpha value is -0.810. The lowest BCUT2D eigenvalue weighted by Gasteiger charge is -2.16. The van der Waals surface area contributed by atoms with Gasteiger partial charge in [0.1, 0.15) is 11.1 Å². The molecule has 0 aliphatic heterocycles. The summed E-state index contributed by atoms with van der Waals surface area (Å²) >= 11 is 1.37. The highest BCUT2D eigenvalue weighted by molar-refractivity contribution is 7.17. The van der Waals surface area contributed by atoms with Crippen LogP contribution in [0.4, 0.5) is 5.00 Å². The van der Waals surface area contributed by atoms with Gasteiger partial charge < -0.3 is 15.4 Å². The van der Waals surface area contributed by atoms with E-state index in [1.54, 1.807) is 6.20 Å². The van der Waals surface area contributed by atoms with Gasteiger partial charge in [0.15, 0.2) is 0 Å². The molecule has 0 spiro atoms. The summed E-state index contributed by atoms with van der Waals surface area (Å²) < 4.78 is 5.53. The zero-order chi connectivity index (χ0) is 9.84. The molecule has 0 saturated carbocycles. The number of hydrogen-bond acceptors (Lipinski definition) is 5. The minimum Gasteiger partial charge on any atom is -0.466 e. The summed E-state index contributed by atoms with van der Waals surface area (Å²) in [6.45, 7) is 2.89. The number of nitrogens with two attached hydrogens (primary N) is 1. The number of rotatable bonds is 4. The van der Waals surface area contributed by atoms with Crippen molar-refractivity contribution in [3.63, 3.8) is 0 Å². The number of anilines is 1. The van der Waals surface area contributed by atoms with Crippen molar-refractivity contribution in [1.29, 1.82) is 0 Å². The largest absolute Gasteiger partial charge is 0.466 e. The van der Waals surface area contributed by atoms with E-state index in [-0.39, 0.29) is 6.10 Å². The van der Waals surface area contributed by atoms with E-state index in [1.165, 1.54) is 11.3 Å². The SMILES string of the molecule is CC(CN(C)C)Oc1ncc(N)s1. The Kier molecular flexibility index (Phi) is 3.50. The van der Waals surface area contributed by atoms with Crippen molar-refractivity contribution in [1.82, 2.24) is 9.88 Å². The number of nitrogens with zero attached hydrogens (tertiary/aromatic N) is 2. The highest BCUT2D eigenvalue weighted by atomic mass is 32.1. The van der Waals surface area contributed by atoms with Crippen molar-refractivity contribution in [3.05, 3.63) is 6.20 Å². The second-order valence-corrected chi connectivity index (χ2v) is 4.24. The standard InChI is InChI=1S/C8H15N3OS/c1-6(5-11(2)3)12-8-10-4-7(9)13-8/h4,6H,5,9H2,1-3H3. The molecular weight excluding hydrogens is 186 g/mol. The molecule has 5 heteroatoms. The summed E-state index contributed by atoms with van der Waals surface area (Å²) in [4.78, 5) is 6.09. The van der Waals surface area contributed by atoms with E-state index >= 15 is 0 Å². The van der Waals surface area contributed by atoms with Crippen molar-refractivity contribution in [2.24, 2.45) is 0 Å². The number of hydrogen-bond donors (Lipinski definition) is 1. The molecule has 0 fully saturated rings. The topological polar surface area (TPSA) is 51.4 Å². The molecule has 0 amide bonds. The smallest absolute Gasteiger partial charge is 0.275 e. The van der Waals surface area contributed by atoms with Gasteiger partial charge in [0, 0.05) is 6.54 Å². The molecule has 74 valence electrons. The van der Waals surface area contributed by atoms with Crippen LogP contribution < -0.4 is 10.5 Å². The zero-order valence-electron chi connectivity index (χ0n) is 8.15. The number of thiazole rings is 1. The molecule has 0 aliphatic carbocycles. The summed E-state index contributed by atoms with van der Waals surface area (Å²) in [5, 5.41) is 1.33. The van der Waals surface area contributed by atoms with Gasteiger partial charge in [-0.1, -0.05) is 11.3 Å². The van der Waals surface area contributed by atoms with Gasteiger partial charge in [-0.05, 0) is 21.0 Å². The monoisotopic (exact) mass is 201 g/mol. The minimum absolute atomic E-state index is 0.139. The highest BCUT2D eigenvalue weighted by Crippen LogP contribution is 2.22. The van der Waals surface area contributed by atoms with Gasteiger partial charge in [0.25, 0.3) is 5.19 Å². The minimum atomic E-state index is 0.139. The number of nitrogen functional groups attached to an aromatic ring is 1. The van der Waals surface area contributed by atoms with Gasteiger partial charge in [-0.25, -0.2) is 4.98 Å². The van der Waals surface area contributed by atoms with Crippen LogP contribution in [0.15, 0.2) is 6.20 Å². The fraction of sp³-hybridized carbons (Fsp3) is 0.625. The van der Waals surface area contributed by atoms with Crippen molar-refractivity contribution in [3.8, 4) is 5.19 Å². The van der Waals surface area contributed by atoms with E-state index in [9.17, 15) is 0 Å². The van der Waals surface area contributed by atoms with E-state index in [1.807, 2.05) is 21.0 Å². The van der Waals surface area contributed by atoms with Gasteiger partial charge in [0.2, 0.25) is 0 Å². The number of likely N-dealkylation sites (N-methyl/N-ethyl adjacent to an activating group) is 1. The van der Waals surface area contributed by atoms with Crippen LogP contribution in [0.1, 0.15) is 6.92 Å². The average Bonchev–Trinajstić information content (AvgIpc) is 2.33. The Balaban J connectivity index is 2.40. The first-order chi connectivity index (χ1) is 6.08. The van der Waals surface area contributed by atoms with Crippen LogP contribution in [0, 0.1) is 0 Å². The second-order valence-electron chi connectivity index (χ2n) is 3.22. The molecule has 0 radical (unpaired) electrons. The van der Waals surface area contributed by atoms with Gasteiger partial charge >= 0.3 is 0 Å². The summed E-state index contributed by atoms with van der Waals surface area (Å²) in [5.41, 5.74) is 5.52. The third-order valence-electron chi connectivity index (χ3n) is 1.43. The third kappa shape index (κ3) is 3.61. The van der Waals surface area contributed by atoms with E-state index < -0.39 is 0 Å². The molecule has 13 heavy (non-hydrogen) atoms. The van der Waals surface area contributed by atoms with E-state index in [0.29, 0.717) is 10.2 Å². The maximum Gasteiger partial charge on any atom is 0.275 e. The summed E-state index contributed by atoms with van der Waals surface area (Å²) in [6, 6.07) is 0. The molecule has 2 N–H and O–H groups in total. The first kappa shape index (κ1) is 10.3. The van der Waals surface area contributed by atoms with E-state index in [2.05, 4.69) is 9.88 Å². The molecule has 1 aromatic heterocycles. The molecular formula is C8H15N3OS. The van der Waals surface area contributed by atoms with Crippen molar-refractivity contribution < 1.29 is 4.74 Å². The van der Waals surface area contributed by atoms with Crippen molar-refractivity contribution in [2.45, 2.75) is 13.0 Å². The predicted molar refractivity (Wildman–Crippen MR) is 55.2 cm³/mol. The highest BCUT2D eigenvalue weighted by Gasteiger charge is 2.07. The van der Waals surface area contributed by atoms with Gasteiger partial charge in [-0.15, -0.1) is 0 Å². The molecule has 0 aromatic carbocycles. The summed E-state index contributed by atoms with van der Waals surface area (Å²) in [6.07, 6.45) is 1.75. The Morgan fingerprint density at radius 2 is 2.38 bits per heavy atom. The molecule has 0 aliphatic rings. The fourth-order valence-corrected chi connectivity index (χ4v) is 1.67. The molecule has 1 atom stereocenters. The number of aromatic nitrogens is 1. The quantitative estimate of drug-likeness (QED) is 0.791. The van der Waals surface area contributed by atoms with Crippen molar-refractivity contribution in [2.75, 3.05) is 26.4 Å². The van der Waals surface area contributed by atoms with Crippen LogP contribution in [0.25, 0.3) is 0 Å². The molecule has 1 aromatic rings.